The highest BCUT2D eigenvalue weighted by molar-refractivity contribution is 8.00. The standard InChI is InChI=1S/C23H27ClFN3O2S/c1-26-22-18(23(14-29)7-3-8-23)11-16(12-20(22)30-17-6-9-28(2)13-17)27-31-21-5-4-15(24)10-19(21)25/h4-5,10-12,14,17,26-27H,3,6-9,13H2,1-2H3. The van der Waals surface area contributed by atoms with Gasteiger partial charge in [-0.15, -0.1) is 0 Å². The van der Waals surface area contributed by atoms with Crippen molar-refractivity contribution in [3.05, 3.63) is 46.7 Å². The Hall–Kier alpha value is -1.96. The molecule has 1 aliphatic carbocycles. The zero-order valence-electron chi connectivity index (χ0n) is 17.7. The topological polar surface area (TPSA) is 53.6 Å². The molecule has 1 aliphatic heterocycles. The van der Waals surface area contributed by atoms with Crippen molar-refractivity contribution in [2.24, 2.45) is 0 Å². The quantitative estimate of drug-likeness (QED) is 0.407. The van der Waals surface area contributed by atoms with E-state index in [1.54, 1.807) is 12.1 Å². The largest absolute Gasteiger partial charge is 0.487 e. The molecule has 4 rings (SSSR count). The fourth-order valence-electron chi connectivity index (χ4n) is 4.27. The highest BCUT2D eigenvalue weighted by atomic mass is 35.5. The van der Waals surface area contributed by atoms with Crippen LogP contribution in [0.4, 0.5) is 15.8 Å². The molecule has 166 valence electrons. The van der Waals surface area contributed by atoms with Gasteiger partial charge in [-0.25, -0.2) is 4.39 Å². The first-order chi connectivity index (χ1) is 14.9. The fourth-order valence-corrected chi connectivity index (χ4v) is 5.07. The van der Waals surface area contributed by atoms with Gasteiger partial charge in [-0.1, -0.05) is 18.0 Å². The van der Waals surface area contributed by atoms with Crippen molar-refractivity contribution >= 4 is 41.2 Å². The Morgan fingerprint density at radius 3 is 2.71 bits per heavy atom. The summed E-state index contributed by atoms with van der Waals surface area (Å²) >= 11 is 7.03. The van der Waals surface area contributed by atoms with Crippen LogP contribution >= 0.6 is 23.5 Å². The molecule has 2 N–H and O–H groups in total. The van der Waals surface area contributed by atoms with E-state index in [2.05, 4.69) is 22.0 Å². The van der Waals surface area contributed by atoms with Gasteiger partial charge in [-0.2, -0.15) is 0 Å². The molecule has 0 radical (unpaired) electrons. The summed E-state index contributed by atoms with van der Waals surface area (Å²) in [6.07, 6.45) is 4.77. The summed E-state index contributed by atoms with van der Waals surface area (Å²) in [4.78, 5) is 14.8. The summed E-state index contributed by atoms with van der Waals surface area (Å²) in [6.45, 7) is 1.86. The van der Waals surface area contributed by atoms with E-state index in [1.165, 1.54) is 18.0 Å². The van der Waals surface area contributed by atoms with E-state index in [1.807, 2.05) is 19.2 Å². The predicted molar refractivity (Wildman–Crippen MR) is 125 cm³/mol. The molecule has 1 atom stereocenters. The lowest BCUT2D eigenvalue weighted by Crippen LogP contribution is -2.36. The van der Waals surface area contributed by atoms with Crippen molar-refractivity contribution in [1.29, 1.82) is 0 Å². The molecule has 0 aromatic heterocycles. The second kappa shape index (κ2) is 9.27. The van der Waals surface area contributed by atoms with Crippen LogP contribution < -0.4 is 14.8 Å². The number of benzene rings is 2. The summed E-state index contributed by atoms with van der Waals surface area (Å²) in [7, 11) is 3.94. The Balaban J connectivity index is 1.66. The molecule has 0 spiro atoms. The van der Waals surface area contributed by atoms with Gasteiger partial charge in [0.05, 0.1) is 16.0 Å². The van der Waals surface area contributed by atoms with Crippen LogP contribution in [-0.2, 0) is 10.2 Å². The van der Waals surface area contributed by atoms with E-state index in [-0.39, 0.29) is 11.9 Å². The van der Waals surface area contributed by atoms with E-state index < -0.39 is 5.41 Å². The average Bonchev–Trinajstić information content (AvgIpc) is 3.11. The van der Waals surface area contributed by atoms with Gasteiger partial charge in [0.1, 0.15) is 24.0 Å². The van der Waals surface area contributed by atoms with Crippen LogP contribution in [0, 0.1) is 5.82 Å². The predicted octanol–water partition coefficient (Wildman–Crippen LogP) is 5.34. The lowest BCUT2D eigenvalue weighted by Gasteiger charge is -2.39. The minimum atomic E-state index is -0.503. The maximum Gasteiger partial charge on any atom is 0.145 e. The van der Waals surface area contributed by atoms with Crippen LogP contribution in [0.5, 0.6) is 5.75 Å². The number of halogens is 2. The van der Waals surface area contributed by atoms with Crippen LogP contribution in [0.1, 0.15) is 31.2 Å². The average molecular weight is 464 g/mol. The van der Waals surface area contributed by atoms with Crippen LogP contribution in [0.3, 0.4) is 0 Å². The number of nitrogens with zero attached hydrogens (tertiary/aromatic N) is 1. The number of ether oxygens (including phenoxy) is 1. The van der Waals surface area contributed by atoms with Crippen molar-refractivity contribution in [3.8, 4) is 5.75 Å². The second-order valence-electron chi connectivity index (χ2n) is 8.34. The second-order valence-corrected chi connectivity index (χ2v) is 9.63. The number of carbonyl (C=O) groups is 1. The lowest BCUT2D eigenvalue weighted by molar-refractivity contribution is -0.115. The molecule has 5 nitrogen and oxygen atoms in total. The van der Waals surface area contributed by atoms with E-state index in [4.69, 9.17) is 16.3 Å². The van der Waals surface area contributed by atoms with Crippen molar-refractivity contribution in [3.63, 3.8) is 0 Å². The normalized spacial score (nSPS) is 20.2. The number of anilines is 2. The van der Waals surface area contributed by atoms with E-state index in [0.717, 1.165) is 62.0 Å². The summed E-state index contributed by atoms with van der Waals surface area (Å²) in [5.74, 6) is 0.332. The Morgan fingerprint density at radius 1 is 1.32 bits per heavy atom. The molecule has 0 amide bonds. The molecule has 2 aliphatic rings. The molecule has 31 heavy (non-hydrogen) atoms. The smallest absolute Gasteiger partial charge is 0.145 e. The van der Waals surface area contributed by atoms with Crippen molar-refractivity contribution in [1.82, 2.24) is 4.90 Å². The monoisotopic (exact) mass is 463 g/mol. The molecule has 0 bridgehead atoms. The molecule has 1 heterocycles. The van der Waals surface area contributed by atoms with Crippen LogP contribution in [0.25, 0.3) is 0 Å². The SMILES string of the molecule is CNc1c(OC2CCN(C)C2)cc(NSc2ccc(Cl)cc2F)cc1C1(C=O)CCC1. The number of hydrogen-bond donors (Lipinski definition) is 2. The number of nitrogens with one attached hydrogen (secondary N) is 2. The Bertz CT molecular complexity index is 970. The highest BCUT2D eigenvalue weighted by Crippen LogP contribution is 2.49. The summed E-state index contributed by atoms with van der Waals surface area (Å²) in [5.41, 5.74) is 2.05. The Kier molecular flexibility index (Phi) is 6.65. The molecule has 2 aromatic rings. The molecule has 1 unspecified atom stereocenters. The van der Waals surface area contributed by atoms with E-state index >= 15 is 0 Å². The first-order valence-electron chi connectivity index (χ1n) is 10.5. The lowest BCUT2D eigenvalue weighted by atomic mass is 9.65. The van der Waals surface area contributed by atoms with Crippen LogP contribution in [0.2, 0.25) is 5.02 Å². The van der Waals surface area contributed by atoms with Gasteiger partial charge in [-0.3, -0.25) is 0 Å². The van der Waals surface area contributed by atoms with E-state index in [9.17, 15) is 9.18 Å². The minimum absolute atomic E-state index is 0.0927. The van der Waals surface area contributed by atoms with Crippen LogP contribution in [-0.4, -0.2) is 44.5 Å². The molecule has 2 aromatic carbocycles. The number of aldehydes is 1. The number of likely N-dealkylation sites (tertiary alicyclic amines) is 1. The fraction of sp³-hybridized carbons (Fsp3) is 0.435. The number of rotatable bonds is 8. The van der Waals surface area contributed by atoms with Gasteiger partial charge in [0, 0.05) is 36.9 Å². The van der Waals surface area contributed by atoms with Gasteiger partial charge < -0.3 is 24.5 Å². The van der Waals surface area contributed by atoms with Gasteiger partial charge in [0.25, 0.3) is 0 Å². The molecule has 8 heteroatoms. The Labute approximate surface area is 191 Å². The highest BCUT2D eigenvalue weighted by Gasteiger charge is 2.41. The van der Waals surface area contributed by atoms with Gasteiger partial charge in [-0.05, 0) is 68.1 Å². The molecule has 1 saturated carbocycles. The van der Waals surface area contributed by atoms with Crippen LogP contribution in [0.15, 0.2) is 35.2 Å². The number of hydrogen-bond acceptors (Lipinski definition) is 6. The first-order valence-corrected chi connectivity index (χ1v) is 11.7. The zero-order valence-corrected chi connectivity index (χ0v) is 19.3. The van der Waals surface area contributed by atoms with Gasteiger partial charge >= 0.3 is 0 Å². The summed E-state index contributed by atoms with van der Waals surface area (Å²) < 4.78 is 23.8. The summed E-state index contributed by atoms with van der Waals surface area (Å²) in [6, 6.07) is 8.50. The van der Waals surface area contributed by atoms with Crippen molar-refractivity contribution in [2.75, 3.05) is 37.2 Å². The Morgan fingerprint density at radius 2 is 2.13 bits per heavy atom. The van der Waals surface area contributed by atoms with Gasteiger partial charge in [0.2, 0.25) is 0 Å². The van der Waals surface area contributed by atoms with Crippen molar-refractivity contribution in [2.45, 2.75) is 42.1 Å². The maximum absolute atomic E-state index is 14.2. The van der Waals surface area contributed by atoms with Crippen molar-refractivity contribution < 1.29 is 13.9 Å². The zero-order chi connectivity index (χ0) is 22.0. The minimum Gasteiger partial charge on any atom is -0.487 e. The summed E-state index contributed by atoms with van der Waals surface area (Å²) in [5, 5.41) is 3.63. The molecule has 2 fully saturated rings. The first kappa shape index (κ1) is 22.2. The molecule has 1 saturated heterocycles. The molecular formula is C23H27ClFN3O2S. The third kappa shape index (κ3) is 4.64. The number of likely N-dealkylation sites (N-methyl/N-ethyl adjacent to an activating group) is 1. The third-order valence-electron chi connectivity index (χ3n) is 6.17. The van der Waals surface area contributed by atoms with Gasteiger partial charge in [0.15, 0.2) is 0 Å². The third-order valence-corrected chi connectivity index (χ3v) is 7.30. The maximum atomic E-state index is 14.2. The van der Waals surface area contributed by atoms with E-state index in [0.29, 0.717) is 15.7 Å². The molecular weight excluding hydrogens is 437 g/mol. The number of carbonyl (C=O) groups excluding carboxylic acids is 1.